The lowest BCUT2D eigenvalue weighted by Gasteiger charge is -2.36. The number of rotatable bonds is 1. The van der Waals surface area contributed by atoms with Crippen molar-refractivity contribution >= 4 is 14.8 Å². The molecule has 0 aromatic heterocycles. The smallest absolute Gasteiger partial charge is 0.472 e. The number of fused-ring (bicyclic) bond motifs is 6. The SMILES string of the molecule is CC[Si]12OCCN(CCO1)CC(=O)O2. The molecule has 0 aromatic carbocycles. The highest BCUT2D eigenvalue weighted by molar-refractivity contribution is 6.62. The number of hydrogen-bond donors (Lipinski definition) is 0. The highest BCUT2D eigenvalue weighted by Gasteiger charge is 2.46. The van der Waals surface area contributed by atoms with Crippen LogP contribution in [0.25, 0.3) is 0 Å². The fraction of sp³-hybridized carbons (Fsp3) is 0.875. The third-order valence-corrected chi connectivity index (χ3v) is 5.21. The van der Waals surface area contributed by atoms with Crippen molar-refractivity contribution in [2.45, 2.75) is 13.0 Å². The molecule has 0 saturated carbocycles. The van der Waals surface area contributed by atoms with Gasteiger partial charge in [-0.1, -0.05) is 6.92 Å². The third kappa shape index (κ3) is 1.98. The Bertz CT molecular complexity index is 225. The van der Waals surface area contributed by atoms with Gasteiger partial charge in [-0.2, -0.15) is 0 Å². The molecule has 6 heteroatoms. The van der Waals surface area contributed by atoms with Gasteiger partial charge in [0, 0.05) is 19.1 Å². The van der Waals surface area contributed by atoms with Crippen molar-refractivity contribution in [1.29, 1.82) is 0 Å². The molecule has 0 spiro atoms. The van der Waals surface area contributed by atoms with Crippen LogP contribution in [0, 0.1) is 0 Å². The van der Waals surface area contributed by atoms with Gasteiger partial charge in [-0.15, -0.1) is 0 Å². The van der Waals surface area contributed by atoms with E-state index in [2.05, 4.69) is 0 Å². The predicted molar refractivity (Wildman–Crippen MR) is 50.7 cm³/mol. The molecule has 0 amide bonds. The summed E-state index contributed by atoms with van der Waals surface area (Å²) in [6.45, 7) is 5.13. The van der Waals surface area contributed by atoms with Crippen LogP contribution in [0.3, 0.4) is 0 Å². The van der Waals surface area contributed by atoms with Crippen LogP contribution in [0.4, 0.5) is 0 Å². The maximum atomic E-state index is 11.4. The summed E-state index contributed by atoms with van der Waals surface area (Å²) in [4.78, 5) is 13.4. The highest BCUT2D eigenvalue weighted by Crippen LogP contribution is 2.19. The lowest BCUT2D eigenvalue weighted by molar-refractivity contribution is -0.145. The minimum atomic E-state index is -2.64. The molecule has 3 heterocycles. The zero-order valence-corrected chi connectivity index (χ0v) is 9.32. The Kier molecular flexibility index (Phi) is 2.87. The molecule has 3 aliphatic rings. The largest absolute Gasteiger partial charge is 0.567 e. The van der Waals surface area contributed by atoms with Crippen LogP contribution in [0.15, 0.2) is 0 Å². The van der Waals surface area contributed by atoms with Crippen LogP contribution in [0.5, 0.6) is 0 Å². The van der Waals surface area contributed by atoms with Crippen LogP contribution in [0.2, 0.25) is 6.04 Å². The van der Waals surface area contributed by atoms with Crippen LogP contribution < -0.4 is 0 Å². The van der Waals surface area contributed by atoms with Crippen LogP contribution in [-0.2, 0) is 18.1 Å². The first-order chi connectivity index (χ1) is 6.74. The van der Waals surface area contributed by atoms with E-state index in [0.717, 1.165) is 13.1 Å². The van der Waals surface area contributed by atoms with Gasteiger partial charge in [0.2, 0.25) is 0 Å². The number of carbonyl (C=O) groups excluding carboxylic acids is 1. The molecule has 14 heavy (non-hydrogen) atoms. The number of carbonyl (C=O) groups is 1. The van der Waals surface area contributed by atoms with E-state index >= 15 is 0 Å². The molecule has 3 saturated heterocycles. The van der Waals surface area contributed by atoms with Gasteiger partial charge >= 0.3 is 14.8 Å². The van der Waals surface area contributed by atoms with Crippen molar-refractivity contribution in [3.8, 4) is 0 Å². The minimum absolute atomic E-state index is 0.210. The summed E-state index contributed by atoms with van der Waals surface area (Å²) in [6, 6.07) is 0.665. The molecule has 0 aliphatic carbocycles. The van der Waals surface area contributed by atoms with Gasteiger partial charge in [-0.3, -0.25) is 9.69 Å². The minimum Gasteiger partial charge on any atom is -0.472 e. The molecule has 0 N–H and O–H groups in total. The molecule has 0 unspecified atom stereocenters. The van der Waals surface area contributed by atoms with Gasteiger partial charge in [0.25, 0.3) is 0 Å². The van der Waals surface area contributed by atoms with Gasteiger partial charge in [0.15, 0.2) is 0 Å². The van der Waals surface area contributed by atoms with Crippen molar-refractivity contribution in [1.82, 2.24) is 4.90 Å². The van der Waals surface area contributed by atoms with E-state index in [-0.39, 0.29) is 5.97 Å². The maximum absolute atomic E-state index is 11.4. The van der Waals surface area contributed by atoms with E-state index in [0.29, 0.717) is 25.8 Å². The summed E-state index contributed by atoms with van der Waals surface area (Å²) < 4.78 is 16.5. The molecule has 0 atom stereocenters. The Hall–Kier alpha value is -0.433. The van der Waals surface area contributed by atoms with E-state index in [1.54, 1.807) is 0 Å². The van der Waals surface area contributed by atoms with Crippen molar-refractivity contribution in [2.24, 2.45) is 0 Å². The van der Waals surface area contributed by atoms with Crippen LogP contribution in [-0.4, -0.2) is 52.5 Å². The molecular weight excluding hydrogens is 202 g/mol. The zero-order valence-electron chi connectivity index (χ0n) is 8.32. The van der Waals surface area contributed by atoms with Crippen LogP contribution in [0.1, 0.15) is 6.92 Å². The summed E-state index contributed by atoms with van der Waals surface area (Å²) in [7, 11) is -2.64. The van der Waals surface area contributed by atoms with E-state index in [4.69, 9.17) is 13.3 Å². The maximum Gasteiger partial charge on any atom is 0.567 e. The van der Waals surface area contributed by atoms with Gasteiger partial charge < -0.3 is 13.3 Å². The summed E-state index contributed by atoms with van der Waals surface area (Å²) in [5.41, 5.74) is 0. The first kappa shape index (κ1) is 10.1. The zero-order chi connectivity index (χ0) is 10.0. The standard InChI is InChI=1S/C8H15NO4Si/c1-2-14-11-5-3-9(4-6-12-14)7-8(10)13-14/h2-7H2,1H3. The summed E-state index contributed by atoms with van der Waals surface area (Å²) in [6.07, 6.45) is 0. The average molecular weight is 217 g/mol. The molecule has 3 aliphatic heterocycles. The fourth-order valence-electron chi connectivity index (χ4n) is 1.70. The third-order valence-electron chi connectivity index (χ3n) is 2.51. The first-order valence-electron chi connectivity index (χ1n) is 4.96. The van der Waals surface area contributed by atoms with Crippen molar-refractivity contribution < 1.29 is 18.1 Å². The van der Waals surface area contributed by atoms with Gasteiger partial charge in [-0.25, -0.2) is 0 Å². The highest BCUT2D eigenvalue weighted by atomic mass is 28.4. The van der Waals surface area contributed by atoms with E-state index in [1.807, 2.05) is 11.8 Å². The Morgan fingerprint density at radius 1 is 1.36 bits per heavy atom. The molecule has 0 radical (unpaired) electrons. The normalized spacial score (nSPS) is 38.4. The Morgan fingerprint density at radius 3 is 2.57 bits per heavy atom. The fourth-order valence-corrected chi connectivity index (χ4v) is 3.67. The average Bonchev–Trinajstić information content (AvgIpc) is 2.08. The van der Waals surface area contributed by atoms with Gasteiger partial charge in [0.1, 0.15) is 0 Å². The molecule has 2 bridgehead atoms. The van der Waals surface area contributed by atoms with Gasteiger partial charge in [0.05, 0.1) is 19.8 Å². The van der Waals surface area contributed by atoms with Crippen LogP contribution >= 0.6 is 0 Å². The van der Waals surface area contributed by atoms with Crippen molar-refractivity contribution in [2.75, 3.05) is 32.8 Å². The summed E-state index contributed by atoms with van der Waals surface area (Å²) in [5, 5.41) is 0. The predicted octanol–water partition coefficient (Wildman–Crippen LogP) is -0.149. The second-order valence-corrected chi connectivity index (χ2v) is 6.34. The second kappa shape index (κ2) is 3.97. The van der Waals surface area contributed by atoms with Gasteiger partial charge in [-0.05, 0) is 0 Å². The van der Waals surface area contributed by atoms with Crippen molar-refractivity contribution in [3.63, 3.8) is 0 Å². The monoisotopic (exact) mass is 217 g/mol. The second-order valence-electron chi connectivity index (χ2n) is 3.48. The lowest BCUT2D eigenvalue weighted by atomic mass is 10.4. The van der Waals surface area contributed by atoms with Crippen molar-refractivity contribution in [3.05, 3.63) is 0 Å². The Labute approximate surface area is 84.3 Å². The molecule has 3 fully saturated rings. The first-order valence-corrected chi connectivity index (χ1v) is 6.89. The molecule has 80 valence electrons. The van der Waals surface area contributed by atoms with E-state index in [1.165, 1.54) is 0 Å². The van der Waals surface area contributed by atoms with E-state index < -0.39 is 8.80 Å². The summed E-state index contributed by atoms with van der Waals surface area (Å²) >= 11 is 0. The molecular formula is C8H15NO4Si. The quantitative estimate of drug-likeness (QED) is 0.572. The Morgan fingerprint density at radius 2 is 2.00 bits per heavy atom. The molecule has 0 aromatic rings. The number of hydrogen-bond acceptors (Lipinski definition) is 5. The lowest BCUT2D eigenvalue weighted by Crippen LogP contribution is -2.56. The molecule has 3 rings (SSSR count). The molecule has 5 nitrogen and oxygen atoms in total. The summed E-state index contributed by atoms with van der Waals surface area (Å²) in [5.74, 6) is -0.210. The topological polar surface area (TPSA) is 48.0 Å². The Balaban J connectivity index is 2.17. The number of nitrogens with zero attached hydrogens (tertiary/aromatic N) is 1. The van der Waals surface area contributed by atoms with E-state index in [9.17, 15) is 4.79 Å².